The Hall–Kier alpha value is -1.72. The molecule has 0 aliphatic rings. The summed E-state index contributed by atoms with van der Waals surface area (Å²) in [5.74, 6) is 0. The molecule has 0 saturated heterocycles. The molecule has 2 heterocycles. The van der Waals surface area contributed by atoms with Gasteiger partial charge in [-0.15, -0.1) is 0 Å². The molecule has 2 aromatic heterocycles. The molecule has 20 heavy (non-hydrogen) atoms. The first-order valence-electron chi connectivity index (χ1n) is 7.16. The number of aromatic nitrogens is 3. The fraction of sp³-hybridized carbons (Fsp3) is 0.467. The molecule has 5 nitrogen and oxygen atoms in total. The van der Waals surface area contributed by atoms with Crippen molar-refractivity contribution in [3.8, 4) is 11.3 Å². The summed E-state index contributed by atoms with van der Waals surface area (Å²) in [5.41, 5.74) is 3.25. The van der Waals surface area contributed by atoms with Crippen LogP contribution in [0.3, 0.4) is 0 Å². The fourth-order valence-corrected chi connectivity index (χ4v) is 2.14. The molecule has 2 rings (SSSR count). The predicted octanol–water partition coefficient (Wildman–Crippen LogP) is 2.11. The van der Waals surface area contributed by atoms with Crippen LogP contribution in [0, 0.1) is 0 Å². The number of aliphatic hydroxyl groups is 1. The lowest BCUT2D eigenvalue weighted by atomic mass is 10.1. The number of hydrogen-bond donors (Lipinski definition) is 3. The number of nitrogens with one attached hydrogen (secondary N) is 2. The molecule has 0 unspecified atom stereocenters. The van der Waals surface area contributed by atoms with Crippen molar-refractivity contribution in [1.29, 1.82) is 0 Å². The fourth-order valence-electron chi connectivity index (χ4n) is 2.14. The molecule has 5 heteroatoms. The highest BCUT2D eigenvalue weighted by atomic mass is 16.2. The first-order valence-corrected chi connectivity index (χ1v) is 7.16. The van der Waals surface area contributed by atoms with Gasteiger partial charge in [0.15, 0.2) is 0 Å². The van der Waals surface area contributed by atoms with Gasteiger partial charge in [0.2, 0.25) is 0 Å². The van der Waals surface area contributed by atoms with Gasteiger partial charge < -0.3 is 10.4 Å². The molecule has 0 aromatic carbocycles. The molecule has 0 amide bonds. The van der Waals surface area contributed by atoms with Gasteiger partial charge >= 0.3 is 0 Å². The van der Waals surface area contributed by atoms with Crippen molar-refractivity contribution in [3.05, 3.63) is 36.3 Å². The normalized spacial score (nSPS) is 10.8. The van der Waals surface area contributed by atoms with E-state index in [0.717, 1.165) is 55.6 Å². The van der Waals surface area contributed by atoms with Crippen molar-refractivity contribution in [1.82, 2.24) is 20.5 Å². The van der Waals surface area contributed by atoms with E-state index >= 15 is 0 Å². The quantitative estimate of drug-likeness (QED) is 0.612. The Kier molecular flexibility index (Phi) is 6.20. The SMILES string of the molecule is OCCCCCCNCc1cn[nH]c1-c1cccnc1. The van der Waals surface area contributed by atoms with Gasteiger partial charge in [-0.3, -0.25) is 10.1 Å². The second-order valence-electron chi connectivity index (χ2n) is 4.83. The van der Waals surface area contributed by atoms with E-state index in [1.54, 1.807) is 6.20 Å². The maximum Gasteiger partial charge on any atom is 0.0710 e. The zero-order valence-corrected chi connectivity index (χ0v) is 11.7. The van der Waals surface area contributed by atoms with Crippen molar-refractivity contribution in [3.63, 3.8) is 0 Å². The Balaban J connectivity index is 1.76. The van der Waals surface area contributed by atoms with Gasteiger partial charge in [-0.05, 0) is 31.5 Å². The molecular formula is C15H22N4O. The summed E-state index contributed by atoms with van der Waals surface area (Å²) >= 11 is 0. The Bertz CT molecular complexity index is 484. The van der Waals surface area contributed by atoms with E-state index in [2.05, 4.69) is 20.5 Å². The molecule has 0 saturated carbocycles. The molecule has 0 fully saturated rings. The maximum atomic E-state index is 8.70. The summed E-state index contributed by atoms with van der Waals surface area (Å²) in [7, 11) is 0. The summed E-state index contributed by atoms with van der Waals surface area (Å²) in [4.78, 5) is 4.13. The monoisotopic (exact) mass is 274 g/mol. The van der Waals surface area contributed by atoms with Crippen LogP contribution in [0.15, 0.2) is 30.7 Å². The average molecular weight is 274 g/mol. The van der Waals surface area contributed by atoms with Crippen LogP contribution in [0.25, 0.3) is 11.3 Å². The molecule has 0 bridgehead atoms. The summed E-state index contributed by atoms with van der Waals surface area (Å²) in [5, 5.41) is 19.3. The molecule has 2 aromatic rings. The van der Waals surface area contributed by atoms with Gasteiger partial charge in [0.1, 0.15) is 0 Å². The van der Waals surface area contributed by atoms with Crippen LogP contribution < -0.4 is 5.32 Å². The highest BCUT2D eigenvalue weighted by Crippen LogP contribution is 2.19. The Morgan fingerprint density at radius 1 is 1.15 bits per heavy atom. The van der Waals surface area contributed by atoms with E-state index < -0.39 is 0 Å². The Morgan fingerprint density at radius 2 is 2.05 bits per heavy atom. The van der Waals surface area contributed by atoms with Gasteiger partial charge in [-0.1, -0.05) is 12.8 Å². The molecule has 0 aliphatic heterocycles. The topological polar surface area (TPSA) is 73.8 Å². The van der Waals surface area contributed by atoms with Crippen molar-refractivity contribution in [2.45, 2.75) is 32.2 Å². The molecule has 0 atom stereocenters. The Morgan fingerprint density at radius 3 is 2.85 bits per heavy atom. The first-order chi connectivity index (χ1) is 9.92. The summed E-state index contributed by atoms with van der Waals surface area (Å²) in [6, 6.07) is 3.95. The number of aromatic amines is 1. The van der Waals surface area contributed by atoms with E-state index in [0.29, 0.717) is 6.61 Å². The molecule has 0 aliphatic carbocycles. The van der Waals surface area contributed by atoms with Crippen LogP contribution in [-0.4, -0.2) is 33.4 Å². The van der Waals surface area contributed by atoms with Crippen LogP contribution in [0.2, 0.25) is 0 Å². The number of unbranched alkanes of at least 4 members (excludes halogenated alkanes) is 3. The molecule has 0 radical (unpaired) electrons. The van der Waals surface area contributed by atoms with Crippen LogP contribution in [0.1, 0.15) is 31.2 Å². The third-order valence-electron chi connectivity index (χ3n) is 3.25. The number of pyridine rings is 1. The number of nitrogens with zero attached hydrogens (tertiary/aromatic N) is 2. The largest absolute Gasteiger partial charge is 0.396 e. The van der Waals surface area contributed by atoms with E-state index in [1.165, 1.54) is 0 Å². The van der Waals surface area contributed by atoms with Crippen molar-refractivity contribution >= 4 is 0 Å². The van der Waals surface area contributed by atoms with Crippen molar-refractivity contribution in [2.24, 2.45) is 0 Å². The van der Waals surface area contributed by atoms with Crippen molar-refractivity contribution < 1.29 is 5.11 Å². The minimum atomic E-state index is 0.302. The van der Waals surface area contributed by atoms with Crippen LogP contribution in [0.5, 0.6) is 0 Å². The lowest BCUT2D eigenvalue weighted by Gasteiger charge is -2.05. The van der Waals surface area contributed by atoms with Crippen LogP contribution in [-0.2, 0) is 6.54 Å². The average Bonchev–Trinajstić information content (AvgIpc) is 2.96. The lowest BCUT2D eigenvalue weighted by Crippen LogP contribution is -2.14. The zero-order chi connectivity index (χ0) is 14.0. The summed E-state index contributed by atoms with van der Waals surface area (Å²) < 4.78 is 0. The van der Waals surface area contributed by atoms with Crippen LogP contribution in [0.4, 0.5) is 0 Å². The highest BCUT2D eigenvalue weighted by molar-refractivity contribution is 5.61. The zero-order valence-electron chi connectivity index (χ0n) is 11.7. The third kappa shape index (κ3) is 4.43. The summed E-state index contributed by atoms with van der Waals surface area (Å²) in [6.07, 6.45) is 9.78. The van der Waals surface area contributed by atoms with Gasteiger partial charge in [0.25, 0.3) is 0 Å². The first kappa shape index (κ1) is 14.7. The van der Waals surface area contributed by atoms with Crippen molar-refractivity contribution in [2.75, 3.05) is 13.2 Å². The van der Waals surface area contributed by atoms with Gasteiger partial charge in [-0.25, -0.2) is 0 Å². The van der Waals surface area contributed by atoms with E-state index in [-0.39, 0.29) is 0 Å². The van der Waals surface area contributed by atoms with Gasteiger partial charge in [0.05, 0.1) is 11.9 Å². The van der Waals surface area contributed by atoms with Gasteiger partial charge in [0, 0.05) is 36.7 Å². The minimum absolute atomic E-state index is 0.302. The highest BCUT2D eigenvalue weighted by Gasteiger charge is 2.06. The molecular weight excluding hydrogens is 252 g/mol. The predicted molar refractivity (Wildman–Crippen MR) is 79.1 cm³/mol. The number of H-pyrrole nitrogens is 1. The van der Waals surface area contributed by atoms with Crippen LogP contribution >= 0.6 is 0 Å². The lowest BCUT2D eigenvalue weighted by molar-refractivity contribution is 0.282. The molecule has 0 spiro atoms. The van der Waals surface area contributed by atoms with Gasteiger partial charge in [-0.2, -0.15) is 5.10 Å². The standard InChI is InChI=1S/C15H22N4O/c20-9-4-2-1-3-7-16-11-14-12-18-19-15(14)13-6-5-8-17-10-13/h5-6,8,10,12,16,20H,1-4,7,9,11H2,(H,18,19). The maximum absolute atomic E-state index is 8.70. The van der Waals surface area contributed by atoms with E-state index in [4.69, 9.17) is 5.11 Å². The third-order valence-corrected chi connectivity index (χ3v) is 3.25. The minimum Gasteiger partial charge on any atom is -0.396 e. The Labute approximate surface area is 119 Å². The second-order valence-corrected chi connectivity index (χ2v) is 4.83. The summed E-state index contributed by atoms with van der Waals surface area (Å²) in [6.45, 7) is 2.10. The number of hydrogen-bond acceptors (Lipinski definition) is 4. The smallest absolute Gasteiger partial charge is 0.0710 e. The number of rotatable bonds is 9. The van der Waals surface area contributed by atoms with E-state index in [9.17, 15) is 0 Å². The van der Waals surface area contributed by atoms with E-state index in [1.807, 2.05) is 24.5 Å². The second kappa shape index (κ2) is 8.45. The number of aliphatic hydroxyl groups excluding tert-OH is 1. The molecule has 108 valence electrons. The molecule has 3 N–H and O–H groups in total.